The van der Waals surface area contributed by atoms with E-state index in [0.29, 0.717) is 6.10 Å². The normalized spacial score (nSPS) is 16.9. The van der Waals surface area contributed by atoms with Crippen molar-refractivity contribution in [3.63, 3.8) is 0 Å². The van der Waals surface area contributed by atoms with Gasteiger partial charge < -0.3 is 15.0 Å². The lowest BCUT2D eigenvalue weighted by molar-refractivity contribution is 0.408. The number of rotatable bonds is 6. The van der Waals surface area contributed by atoms with Crippen LogP contribution >= 0.6 is 0 Å². The van der Waals surface area contributed by atoms with Gasteiger partial charge in [-0.25, -0.2) is 0 Å². The fourth-order valence-electron chi connectivity index (χ4n) is 2.06. The van der Waals surface area contributed by atoms with Gasteiger partial charge in [-0.1, -0.05) is 36.4 Å². The van der Waals surface area contributed by atoms with Crippen LogP contribution in [-0.4, -0.2) is 25.9 Å². The lowest BCUT2D eigenvalue weighted by atomic mass is 10.3. The van der Waals surface area contributed by atoms with Crippen LogP contribution in [0.15, 0.2) is 60.7 Å². The lowest BCUT2D eigenvalue weighted by Gasteiger charge is -2.25. The molecule has 1 heterocycles. The van der Waals surface area contributed by atoms with Gasteiger partial charge in [0, 0.05) is 17.9 Å². The molecule has 3 rings (SSSR count). The molecule has 2 aromatic rings. The Morgan fingerprint density at radius 2 is 1.63 bits per heavy atom. The van der Waals surface area contributed by atoms with Crippen molar-refractivity contribution in [3.05, 3.63) is 60.7 Å². The quantitative estimate of drug-likeness (QED) is 0.634. The van der Waals surface area contributed by atoms with Gasteiger partial charge in [-0.2, -0.15) is 0 Å². The molecule has 3 nitrogen and oxygen atoms in total. The molecule has 1 fully saturated rings. The number of nitrogens with zero attached hydrogens (tertiary/aromatic N) is 1. The van der Waals surface area contributed by atoms with Crippen LogP contribution in [-0.2, 0) is 4.74 Å². The maximum Gasteiger partial charge on any atom is 0.0984 e. The third kappa shape index (κ3) is 3.48. The van der Waals surface area contributed by atoms with E-state index >= 15 is 0 Å². The van der Waals surface area contributed by atoms with Crippen LogP contribution in [0.1, 0.15) is 0 Å². The van der Waals surface area contributed by atoms with Crippen LogP contribution in [0, 0.1) is 0 Å². The smallest absolute Gasteiger partial charge is 0.0984 e. The molecule has 0 aliphatic carbocycles. The Hall–Kier alpha value is -2.00. The summed E-state index contributed by atoms with van der Waals surface area (Å²) in [4.78, 5) is 2.31. The number of anilines is 2. The van der Waals surface area contributed by atoms with Crippen LogP contribution in [0.3, 0.4) is 0 Å². The topological polar surface area (TPSA) is 27.8 Å². The van der Waals surface area contributed by atoms with Gasteiger partial charge >= 0.3 is 0 Å². The molecule has 1 aliphatic rings. The molecular formula is C16H18N2O. The summed E-state index contributed by atoms with van der Waals surface area (Å²) < 4.78 is 5.34. The average Bonchev–Trinajstić information content (AvgIpc) is 3.29. The lowest BCUT2D eigenvalue weighted by Crippen LogP contribution is -2.32. The molecule has 1 atom stereocenters. The zero-order valence-electron chi connectivity index (χ0n) is 10.8. The highest BCUT2D eigenvalue weighted by molar-refractivity contribution is 5.49. The van der Waals surface area contributed by atoms with Crippen molar-refractivity contribution < 1.29 is 4.74 Å². The first-order valence-electron chi connectivity index (χ1n) is 6.62. The Morgan fingerprint density at radius 3 is 2.26 bits per heavy atom. The molecule has 1 saturated heterocycles. The monoisotopic (exact) mass is 254 g/mol. The van der Waals surface area contributed by atoms with E-state index in [9.17, 15) is 0 Å². The first kappa shape index (κ1) is 12.1. The van der Waals surface area contributed by atoms with Crippen LogP contribution in [0.25, 0.3) is 0 Å². The molecule has 0 aromatic heterocycles. The van der Waals surface area contributed by atoms with Crippen molar-refractivity contribution in [3.8, 4) is 0 Å². The number of para-hydroxylation sites is 2. The Balaban J connectivity index is 1.65. The maximum atomic E-state index is 5.34. The van der Waals surface area contributed by atoms with Crippen molar-refractivity contribution in [2.24, 2.45) is 0 Å². The summed E-state index contributed by atoms with van der Waals surface area (Å²) >= 11 is 0. The molecule has 2 aromatic carbocycles. The van der Waals surface area contributed by atoms with Gasteiger partial charge in [0.1, 0.15) is 0 Å². The van der Waals surface area contributed by atoms with E-state index in [1.807, 2.05) is 24.3 Å². The van der Waals surface area contributed by atoms with Gasteiger partial charge in [-0.05, 0) is 24.3 Å². The minimum atomic E-state index is 0.387. The van der Waals surface area contributed by atoms with Crippen LogP contribution in [0.5, 0.6) is 0 Å². The third-order valence-corrected chi connectivity index (χ3v) is 3.20. The van der Waals surface area contributed by atoms with Gasteiger partial charge in [-0.15, -0.1) is 0 Å². The number of hydrogen-bond donors (Lipinski definition) is 1. The van der Waals surface area contributed by atoms with E-state index in [2.05, 4.69) is 46.6 Å². The highest BCUT2D eigenvalue weighted by atomic mass is 16.6. The van der Waals surface area contributed by atoms with Gasteiger partial charge in [0.25, 0.3) is 0 Å². The summed E-state index contributed by atoms with van der Waals surface area (Å²) in [6, 6.07) is 20.7. The minimum Gasteiger partial charge on any atom is -0.371 e. The van der Waals surface area contributed by atoms with E-state index < -0.39 is 0 Å². The van der Waals surface area contributed by atoms with Crippen molar-refractivity contribution >= 4 is 11.4 Å². The second kappa shape index (κ2) is 5.76. The van der Waals surface area contributed by atoms with E-state index in [-0.39, 0.29) is 0 Å². The Labute approximate surface area is 113 Å². The molecular weight excluding hydrogens is 236 g/mol. The molecule has 0 radical (unpaired) electrons. The van der Waals surface area contributed by atoms with Crippen LogP contribution in [0.2, 0.25) is 0 Å². The first-order chi connectivity index (χ1) is 9.42. The van der Waals surface area contributed by atoms with Crippen molar-refractivity contribution in [1.29, 1.82) is 0 Å². The SMILES string of the molecule is c1ccc(NCN(CC2CO2)c2ccccc2)cc1. The largest absolute Gasteiger partial charge is 0.371 e. The molecule has 19 heavy (non-hydrogen) atoms. The van der Waals surface area contributed by atoms with Crippen molar-refractivity contribution in [2.75, 3.05) is 30.0 Å². The minimum absolute atomic E-state index is 0.387. The van der Waals surface area contributed by atoms with Gasteiger partial charge in [0.2, 0.25) is 0 Å². The predicted molar refractivity (Wildman–Crippen MR) is 78.5 cm³/mol. The molecule has 1 N–H and O–H groups in total. The number of epoxide rings is 1. The van der Waals surface area contributed by atoms with E-state index in [1.54, 1.807) is 0 Å². The summed E-state index contributed by atoms with van der Waals surface area (Å²) in [7, 11) is 0. The van der Waals surface area contributed by atoms with Crippen molar-refractivity contribution in [2.45, 2.75) is 6.10 Å². The summed E-state index contributed by atoms with van der Waals surface area (Å²) in [6.45, 7) is 2.60. The number of ether oxygens (including phenoxy) is 1. The Morgan fingerprint density at radius 1 is 1.00 bits per heavy atom. The molecule has 1 aliphatic heterocycles. The predicted octanol–water partition coefficient (Wildman–Crippen LogP) is 2.96. The summed E-state index contributed by atoms with van der Waals surface area (Å²) in [5.74, 6) is 0. The summed E-state index contributed by atoms with van der Waals surface area (Å²) in [6.07, 6.45) is 0.387. The number of hydrogen-bond acceptors (Lipinski definition) is 3. The fourth-order valence-corrected chi connectivity index (χ4v) is 2.06. The second-order valence-electron chi connectivity index (χ2n) is 4.71. The van der Waals surface area contributed by atoms with Gasteiger partial charge in [0.15, 0.2) is 0 Å². The zero-order valence-corrected chi connectivity index (χ0v) is 10.8. The zero-order chi connectivity index (χ0) is 12.9. The molecule has 98 valence electrons. The average molecular weight is 254 g/mol. The third-order valence-electron chi connectivity index (χ3n) is 3.20. The first-order valence-corrected chi connectivity index (χ1v) is 6.62. The molecule has 0 bridgehead atoms. The van der Waals surface area contributed by atoms with Gasteiger partial charge in [-0.3, -0.25) is 0 Å². The van der Waals surface area contributed by atoms with E-state index in [0.717, 1.165) is 25.5 Å². The highest BCUT2D eigenvalue weighted by Gasteiger charge is 2.25. The van der Waals surface area contributed by atoms with Crippen molar-refractivity contribution in [1.82, 2.24) is 0 Å². The van der Waals surface area contributed by atoms with Crippen LogP contribution < -0.4 is 10.2 Å². The molecule has 1 unspecified atom stereocenters. The fraction of sp³-hybridized carbons (Fsp3) is 0.250. The summed E-state index contributed by atoms with van der Waals surface area (Å²) in [5.41, 5.74) is 2.36. The van der Waals surface area contributed by atoms with Crippen LogP contribution in [0.4, 0.5) is 11.4 Å². The number of nitrogens with one attached hydrogen (secondary N) is 1. The number of benzene rings is 2. The molecule has 0 spiro atoms. The Kier molecular flexibility index (Phi) is 3.65. The second-order valence-corrected chi connectivity index (χ2v) is 4.71. The Bertz CT molecular complexity index is 497. The van der Waals surface area contributed by atoms with Gasteiger partial charge in [0.05, 0.1) is 19.4 Å². The molecule has 0 saturated carbocycles. The van der Waals surface area contributed by atoms with E-state index in [4.69, 9.17) is 4.74 Å². The standard InChI is InChI=1S/C16H18N2O/c1-3-7-14(8-4-1)17-13-18(11-16-12-19-16)15-9-5-2-6-10-15/h1-10,16-17H,11-13H2. The van der Waals surface area contributed by atoms with E-state index in [1.165, 1.54) is 5.69 Å². The molecule has 3 heteroatoms. The molecule has 0 amide bonds. The highest BCUT2D eigenvalue weighted by Crippen LogP contribution is 2.18. The maximum absolute atomic E-state index is 5.34. The summed E-state index contributed by atoms with van der Waals surface area (Å²) in [5, 5.41) is 3.45.